The molecule has 126 valence electrons. The van der Waals surface area contributed by atoms with Crippen LogP contribution in [0.5, 0.6) is 0 Å². The number of Topliss-reactive ketones (excluding diaryl/α,β-unsaturated/α-hetero) is 1. The highest BCUT2D eigenvalue weighted by molar-refractivity contribution is 6.00. The molecule has 1 atom stereocenters. The van der Waals surface area contributed by atoms with Crippen molar-refractivity contribution in [1.82, 2.24) is 9.78 Å². The van der Waals surface area contributed by atoms with Gasteiger partial charge < -0.3 is 0 Å². The number of ketones is 1. The Kier molecular flexibility index (Phi) is 3.79. The van der Waals surface area contributed by atoms with Crippen LogP contribution in [0.3, 0.4) is 0 Å². The second-order valence-corrected chi connectivity index (χ2v) is 7.10. The number of carbonyl (C=O) groups is 1. The summed E-state index contributed by atoms with van der Waals surface area (Å²) in [6, 6.07) is 16.8. The SMILES string of the molecule is Cc1ccc(-n2nc(C)c3c2C[C@H](c2cccc(C)c2)CC3=O)cc1. The minimum absolute atomic E-state index is 0.212. The molecule has 0 bridgehead atoms. The van der Waals surface area contributed by atoms with E-state index in [0.717, 1.165) is 29.1 Å². The van der Waals surface area contributed by atoms with Crippen molar-refractivity contribution in [3.8, 4) is 5.69 Å². The van der Waals surface area contributed by atoms with Crippen molar-refractivity contribution < 1.29 is 4.79 Å². The maximum atomic E-state index is 12.8. The first-order valence-corrected chi connectivity index (χ1v) is 8.78. The third kappa shape index (κ3) is 2.80. The predicted molar refractivity (Wildman–Crippen MR) is 99.6 cm³/mol. The van der Waals surface area contributed by atoms with Crippen LogP contribution in [0.25, 0.3) is 5.69 Å². The van der Waals surface area contributed by atoms with Gasteiger partial charge in [0.1, 0.15) is 0 Å². The second kappa shape index (κ2) is 5.99. The maximum Gasteiger partial charge on any atom is 0.167 e. The van der Waals surface area contributed by atoms with Gasteiger partial charge in [0, 0.05) is 6.42 Å². The van der Waals surface area contributed by atoms with E-state index in [1.807, 2.05) is 11.6 Å². The Hall–Kier alpha value is -2.68. The van der Waals surface area contributed by atoms with Crippen LogP contribution in [-0.2, 0) is 6.42 Å². The number of carbonyl (C=O) groups excluding carboxylic acids is 1. The minimum atomic E-state index is 0.212. The molecule has 1 aliphatic carbocycles. The lowest BCUT2D eigenvalue weighted by atomic mass is 9.81. The first kappa shape index (κ1) is 15.8. The zero-order valence-electron chi connectivity index (χ0n) is 14.9. The van der Waals surface area contributed by atoms with Gasteiger partial charge in [-0.1, -0.05) is 47.5 Å². The van der Waals surface area contributed by atoms with Crippen LogP contribution < -0.4 is 0 Å². The zero-order valence-corrected chi connectivity index (χ0v) is 14.9. The van der Waals surface area contributed by atoms with Crippen LogP contribution in [-0.4, -0.2) is 15.6 Å². The highest BCUT2D eigenvalue weighted by Crippen LogP contribution is 2.35. The smallest absolute Gasteiger partial charge is 0.167 e. The van der Waals surface area contributed by atoms with Gasteiger partial charge in [-0.15, -0.1) is 0 Å². The molecule has 0 fully saturated rings. The van der Waals surface area contributed by atoms with Gasteiger partial charge in [-0.3, -0.25) is 4.79 Å². The third-order valence-electron chi connectivity index (χ3n) is 5.10. The molecule has 0 N–H and O–H groups in total. The van der Waals surface area contributed by atoms with Crippen LogP contribution in [0.15, 0.2) is 48.5 Å². The first-order chi connectivity index (χ1) is 12.0. The van der Waals surface area contributed by atoms with Crippen LogP contribution in [0.1, 0.15) is 50.8 Å². The van der Waals surface area contributed by atoms with Gasteiger partial charge in [0.25, 0.3) is 0 Å². The molecule has 3 heteroatoms. The van der Waals surface area contributed by atoms with E-state index < -0.39 is 0 Å². The lowest BCUT2D eigenvalue weighted by Gasteiger charge is -2.23. The Balaban J connectivity index is 1.79. The Morgan fingerprint density at radius 2 is 1.72 bits per heavy atom. The highest BCUT2D eigenvalue weighted by atomic mass is 16.1. The summed E-state index contributed by atoms with van der Waals surface area (Å²) >= 11 is 0. The molecule has 0 saturated carbocycles. The van der Waals surface area contributed by atoms with Crippen LogP contribution in [0.2, 0.25) is 0 Å². The van der Waals surface area contributed by atoms with Crippen molar-refractivity contribution in [3.05, 3.63) is 82.2 Å². The fourth-order valence-electron chi connectivity index (χ4n) is 3.82. The summed E-state index contributed by atoms with van der Waals surface area (Å²) in [5.74, 6) is 0.434. The van der Waals surface area contributed by atoms with Crippen LogP contribution >= 0.6 is 0 Å². The van der Waals surface area contributed by atoms with Crippen molar-refractivity contribution in [2.75, 3.05) is 0 Å². The average molecular weight is 330 g/mol. The van der Waals surface area contributed by atoms with E-state index in [0.29, 0.717) is 6.42 Å². The molecular formula is C22H22N2O. The molecule has 0 unspecified atom stereocenters. The first-order valence-electron chi connectivity index (χ1n) is 8.78. The maximum absolute atomic E-state index is 12.8. The van der Waals surface area contributed by atoms with E-state index in [4.69, 9.17) is 0 Å². The van der Waals surface area contributed by atoms with E-state index in [2.05, 4.69) is 67.5 Å². The summed E-state index contributed by atoms with van der Waals surface area (Å²) in [6.07, 6.45) is 1.41. The number of rotatable bonds is 2. The van der Waals surface area contributed by atoms with Crippen molar-refractivity contribution in [3.63, 3.8) is 0 Å². The normalized spacial score (nSPS) is 16.8. The largest absolute Gasteiger partial charge is 0.294 e. The van der Waals surface area contributed by atoms with E-state index >= 15 is 0 Å². The summed E-state index contributed by atoms with van der Waals surface area (Å²) in [5, 5.41) is 4.68. The Morgan fingerprint density at radius 1 is 0.960 bits per heavy atom. The molecule has 3 aromatic rings. The average Bonchev–Trinajstić information content (AvgIpc) is 2.93. The molecule has 2 aromatic carbocycles. The topological polar surface area (TPSA) is 34.9 Å². The lowest BCUT2D eigenvalue weighted by Crippen LogP contribution is -2.20. The number of aromatic nitrogens is 2. The van der Waals surface area contributed by atoms with Crippen molar-refractivity contribution in [2.24, 2.45) is 0 Å². The molecule has 0 amide bonds. The Morgan fingerprint density at radius 3 is 2.44 bits per heavy atom. The second-order valence-electron chi connectivity index (χ2n) is 7.10. The Bertz CT molecular complexity index is 951. The van der Waals surface area contributed by atoms with Gasteiger partial charge >= 0.3 is 0 Å². The van der Waals surface area contributed by atoms with E-state index in [-0.39, 0.29) is 11.7 Å². The number of fused-ring (bicyclic) bond motifs is 1. The van der Waals surface area contributed by atoms with E-state index in [1.165, 1.54) is 16.7 Å². The Labute approximate surface area is 148 Å². The molecule has 1 aromatic heterocycles. The number of nitrogens with zero attached hydrogens (tertiary/aromatic N) is 2. The number of aryl methyl sites for hydroxylation is 3. The minimum Gasteiger partial charge on any atom is -0.294 e. The summed E-state index contributed by atoms with van der Waals surface area (Å²) < 4.78 is 1.96. The quantitative estimate of drug-likeness (QED) is 0.682. The van der Waals surface area contributed by atoms with Crippen LogP contribution in [0.4, 0.5) is 0 Å². The van der Waals surface area contributed by atoms with E-state index in [9.17, 15) is 4.79 Å². The van der Waals surface area contributed by atoms with Crippen molar-refractivity contribution in [1.29, 1.82) is 0 Å². The summed E-state index contributed by atoms with van der Waals surface area (Å²) in [6.45, 7) is 6.11. The summed E-state index contributed by atoms with van der Waals surface area (Å²) in [7, 11) is 0. The fourth-order valence-corrected chi connectivity index (χ4v) is 3.82. The molecule has 25 heavy (non-hydrogen) atoms. The molecule has 0 saturated heterocycles. The summed E-state index contributed by atoms with van der Waals surface area (Å²) in [4.78, 5) is 12.8. The molecule has 1 aliphatic rings. The molecule has 3 nitrogen and oxygen atoms in total. The standard InChI is InChI=1S/C22H22N2O/c1-14-7-9-19(10-8-14)24-20-12-18(17-6-4-5-15(2)11-17)13-21(25)22(20)16(3)23-24/h4-11,18H,12-13H2,1-3H3/t18-/m0/s1. The molecular weight excluding hydrogens is 308 g/mol. The third-order valence-corrected chi connectivity index (χ3v) is 5.10. The highest BCUT2D eigenvalue weighted by Gasteiger charge is 2.32. The number of benzene rings is 2. The zero-order chi connectivity index (χ0) is 17.6. The molecule has 0 radical (unpaired) electrons. The van der Waals surface area contributed by atoms with Gasteiger partial charge in [0.2, 0.25) is 0 Å². The summed E-state index contributed by atoms with van der Waals surface area (Å²) in [5.41, 5.74) is 7.42. The van der Waals surface area contributed by atoms with Crippen molar-refractivity contribution >= 4 is 5.78 Å². The number of hydrogen-bond acceptors (Lipinski definition) is 2. The molecule has 0 spiro atoms. The van der Waals surface area contributed by atoms with Gasteiger partial charge in [0.15, 0.2) is 5.78 Å². The van der Waals surface area contributed by atoms with Gasteiger partial charge in [-0.05, 0) is 50.8 Å². The fraction of sp³-hybridized carbons (Fsp3) is 0.273. The predicted octanol–water partition coefficient (Wildman–Crippen LogP) is 4.71. The molecule has 1 heterocycles. The molecule has 0 aliphatic heterocycles. The van der Waals surface area contributed by atoms with Crippen molar-refractivity contribution in [2.45, 2.75) is 39.5 Å². The van der Waals surface area contributed by atoms with Gasteiger partial charge in [-0.25, -0.2) is 4.68 Å². The van der Waals surface area contributed by atoms with Gasteiger partial charge in [-0.2, -0.15) is 5.10 Å². The number of hydrogen-bond donors (Lipinski definition) is 0. The molecule has 4 rings (SSSR count). The lowest BCUT2D eigenvalue weighted by molar-refractivity contribution is 0.0963. The van der Waals surface area contributed by atoms with Gasteiger partial charge in [0.05, 0.1) is 22.6 Å². The monoisotopic (exact) mass is 330 g/mol. The van der Waals surface area contributed by atoms with Crippen LogP contribution in [0, 0.1) is 20.8 Å². The van der Waals surface area contributed by atoms with E-state index in [1.54, 1.807) is 0 Å².